The van der Waals surface area contributed by atoms with Crippen molar-refractivity contribution in [2.75, 3.05) is 26.7 Å². The molecule has 2 amide bonds. The first kappa shape index (κ1) is 27.4. The Morgan fingerprint density at radius 2 is 1.97 bits per heavy atom. The fraction of sp³-hybridized carbons (Fsp3) is 0.542. The summed E-state index contributed by atoms with van der Waals surface area (Å²) < 4.78 is 73.1. The molecule has 0 aromatic carbocycles. The number of amides is 2. The Bertz CT molecular complexity index is 1020. The van der Waals surface area contributed by atoms with E-state index in [2.05, 4.69) is 20.6 Å². The SMILES string of the molecule is CCC1=CC(CNC(=O)OC)NN=C1C(=O)N1CCCC(C2=CC=C(F)C(F)C=C2C(F)(F)F)CC1. The summed E-state index contributed by atoms with van der Waals surface area (Å²) in [6.45, 7) is 2.54. The Balaban J connectivity index is 1.71. The highest BCUT2D eigenvalue weighted by Crippen LogP contribution is 2.40. The fourth-order valence-electron chi connectivity index (χ4n) is 4.47. The van der Waals surface area contributed by atoms with Crippen molar-refractivity contribution in [1.82, 2.24) is 15.6 Å². The summed E-state index contributed by atoms with van der Waals surface area (Å²) >= 11 is 0. The highest BCUT2D eigenvalue weighted by atomic mass is 19.4. The summed E-state index contributed by atoms with van der Waals surface area (Å²) in [6, 6.07) is -0.341. The van der Waals surface area contributed by atoms with Crippen LogP contribution in [0.25, 0.3) is 0 Å². The van der Waals surface area contributed by atoms with E-state index in [1.54, 1.807) is 11.0 Å². The monoisotopic (exact) mass is 516 g/mol. The van der Waals surface area contributed by atoms with Crippen LogP contribution in [-0.4, -0.2) is 67.7 Å². The Kier molecular flexibility index (Phi) is 8.91. The van der Waals surface area contributed by atoms with Gasteiger partial charge in [-0.2, -0.15) is 18.3 Å². The molecule has 0 radical (unpaired) electrons. The molecule has 0 aromatic rings. The molecule has 0 saturated carbocycles. The van der Waals surface area contributed by atoms with Gasteiger partial charge in [-0.3, -0.25) is 4.79 Å². The van der Waals surface area contributed by atoms with Gasteiger partial charge in [0.2, 0.25) is 0 Å². The third kappa shape index (κ3) is 6.52. The molecule has 198 valence electrons. The molecule has 2 N–H and O–H groups in total. The van der Waals surface area contributed by atoms with E-state index in [9.17, 15) is 31.5 Å². The lowest BCUT2D eigenvalue weighted by Gasteiger charge is -2.26. The van der Waals surface area contributed by atoms with Crippen LogP contribution < -0.4 is 10.7 Å². The number of carbonyl (C=O) groups excluding carboxylic acids is 2. The molecule has 2 heterocycles. The number of hydrogen-bond donors (Lipinski definition) is 2. The Morgan fingerprint density at radius 1 is 1.22 bits per heavy atom. The Morgan fingerprint density at radius 3 is 2.64 bits per heavy atom. The molecule has 0 bridgehead atoms. The van der Waals surface area contributed by atoms with Crippen LogP contribution in [-0.2, 0) is 9.53 Å². The van der Waals surface area contributed by atoms with Gasteiger partial charge in [0.05, 0.1) is 18.7 Å². The van der Waals surface area contributed by atoms with Crippen LogP contribution in [0.4, 0.5) is 26.7 Å². The maximum absolute atomic E-state index is 13.9. The van der Waals surface area contributed by atoms with Gasteiger partial charge in [-0.25, -0.2) is 13.6 Å². The Hall–Kier alpha value is -3.18. The van der Waals surface area contributed by atoms with Crippen LogP contribution in [0, 0.1) is 5.92 Å². The van der Waals surface area contributed by atoms with Gasteiger partial charge in [0.15, 0.2) is 11.9 Å². The van der Waals surface area contributed by atoms with E-state index in [-0.39, 0.29) is 48.8 Å². The standard InChI is InChI=1S/C24H29F5N4O3/c1-3-14-11-16(13-30-23(35)36-2)31-32-21(14)22(34)33-9-4-5-15(8-10-33)17-6-7-19(25)20(26)12-18(17)24(27,28)29/h6-7,11-12,15-16,20,31H,3-5,8-10,13H2,1-2H3,(H,30,35). The first-order chi connectivity index (χ1) is 17.0. The number of likely N-dealkylation sites (tertiary alicyclic amines) is 1. The molecule has 3 unspecified atom stereocenters. The molecule has 0 spiro atoms. The molecule has 1 aliphatic carbocycles. The van der Waals surface area contributed by atoms with Gasteiger partial charge in [-0.05, 0) is 54.9 Å². The number of nitrogens with one attached hydrogen (secondary N) is 2. The van der Waals surface area contributed by atoms with E-state index in [1.807, 2.05) is 6.92 Å². The van der Waals surface area contributed by atoms with Crippen molar-refractivity contribution in [3.05, 3.63) is 46.9 Å². The first-order valence-electron chi connectivity index (χ1n) is 11.7. The van der Waals surface area contributed by atoms with Gasteiger partial charge in [0.1, 0.15) is 5.83 Å². The van der Waals surface area contributed by atoms with Crippen LogP contribution in [0.15, 0.2) is 52.0 Å². The van der Waals surface area contributed by atoms with Gasteiger partial charge in [0, 0.05) is 19.6 Å². The molecule has 3 aliphatic rings. The fourth-order valence-corrected chi connectivity index (χ4v) is 4.47. The zero-order valence-electron chi connectivity index (χ0n) is 20.0. The van der Waals surface area contributed by atoms with Gasteiger partial charge < -0.3 is 20.4 Å². The molecular formula is C24H29F5N4O3. The van der Waals surface area contributed by atoms with E-state index in [0.717, 1.165) is 12.2 Å². The summed E-state index contributed by atoms with van der Waals surface area (Å²) in [4.78, 5) is 26.1. The molecule has 1 saturated heterocycles. The minimum Gasteiger partial charge on any atom is -0.453 e. The number of alkyl carbamates (subject to hydrolysis) is 1. The quantitative estimate of drug-likeness (QED) is 0.536. The second-order valence-electron chi connectivity index (χ2n) is 8.69. The molecule has 36 heavy (non-hydrogen) atoms. The number of nitrogens with zero attached hydrogens (tertiary/aromatic N) is 2. The van der Waals surface area contributed by atoms with E-state index >= 15 is 0 Å². The highest BCUT2D eigenvalue weighted by molar-refractivity contribution is 6.45. The average Bonchev–Trinajstić information content (AvgIpc) is 3.19. The normalized spacial score (nSPS) is 25.1. The summed E-state index contributed by atoms with van der Waals surface area (Å²) in [5.74, 6) is -2.25. The van der Waals surface area contributed by atoms with Crippen molar-refractivity contribution in [2.45, 2.75) is 51.0 Å². The number of halogens is 5. The number of carbonyl (C=O) groups is 2. The summed E-state index contributed by atoms with van der Waals surface area (Å²) in [7, 11) is 1.25. The topological polar surface area (TPSA) is 83.0 Å². The predicted octanol–water partition coefficient (Wildman–Crippen LogP) is 4.26. The number of alkyl halides is 4. The second kappa shape index (κ2) is 11.7. The third-order valence-corrected chi connectivity index (χ3v) is 6.35. The van der Waals surface area contributed by atoms with Crippen molar-refractivity contribution >= 4 is 17.7 Å². The molecule has 12 heteroatoms. The minimum atomic E-state index is -4.83. The second-order valence-corrected chi connectivity index (χ2v) is 8.69. The lowest BCUT2D eigenvalue weighted by molar-refractivity contribution is -0.124. The van der Waals surface area contributed by atoms with Crippen LogP contribution in [0.1, 0.15) is 32.6 Å². The van der Waals surface area contributed by atoms with Gasteiger partial charge in [-0.1, -0.05) is 19.1 Å². The molecule has 3 rings (SSSR count). The molecule has 0 aromatic heterocycles. The average molecular weight is 517 g/mol. The summed E-state index contributed by atoms with van der Waals surface area (Å²) in [5, 5.41) is 6.76. The largest absolute Gasteiger partial charge is 0.453 e. The highest BCUT2D eigenvalue weighted by Gasteiger charge is 2.40. The van der Waals surface area contributed by atoms with Crippen LogP contribution in [0.5, 0.6) is 0 Å². The molecule has 7 nitrogen and oxygen atoms in total. The van der Waals surface area contributed by atoms with Crippen molar-refractivity contribution in [1.29, 1.82) is 0 Å². The van der Waals surface area contributed by atoms with Crippen molar-refractivity contribution in [3.8, 4) is 0 Å². The predicted molar refractivity (Wildman–Crippen MR) is 123 cm³/mol. The van der Waals surface area contributed by atoms with Gasteiger partial charge in [0.25, 0.3) is 5.91 Å². The number of rotatable bonds is 5. The van der Waals surface area contributed by atoms with E-state index < -0.39 is 35.8 Å². The lowest BCUT2D eigenvalue weighted by Crippen LogP contribution is -2.44. The zero-order chi connectivity index (χ0) is 26.5. The van der Waals surface area contributed by atoms with E-state index in [0.29, 0.717) is 31.4 Å². The number of hydrogen-bond acceptors (Lipinski definition) is 5. The lowest BCUT2D eigenvalue weighted by atomic mass is 9.86. The smallest absolute Gasteiger partial charge is 0.416 e. The molecular weight excluding hydrogens is 487 g/mol. The first-order valence-corrected chi connectivity index (χ1v) is 11.7. The molecule has 1 fully saturated rings. The van der Waals surface area contributed by atoms with Gasteiger partial charge >= 0.3 is 12.3 Å². The number of ether oxygens (including phenoxy) is 1. The number of methoxy groups -OCH3 is 1. The Labute approximate surface area is 205 Å². The van der Waals surface area contributed by atoms with Crippen LogP contribution in [0.2, 0.25) is 0 Å². The van der Waals surface area contributed by atoms with Gasteiger partial charge in [-0.15, -0.1) is 0 Å². The van der Waals surface area contributed by atoms with E-state index in [1.165, 1.54) is 7.11 Å². The van der Waals surface area contributed by atoms with Crippen LogP contribution in [0.3, 0.4) is 0 Å². The number of hydrazone groups is 1. The summed E-state index contributed by atoms with van der Waals surface area (Å²) in [6.07, 6.45) is -2.60. The third-order valence-electron chi connectivity index (χ3n) is 6.35. The molecule has 2 aliphatic heterocycles. The maximum Gasteiger partial charge on any atom is 0.416 e. The van der Waals surface area contributed by atoms with Crippen molar-refractivity contribution in [2.24, 2.45) is 11.0 Å². The maximum atomic E-state index is 13.9. The minimum absolute atomic E-state index is 0.167. The molecule has 3 atom stereocenters. The van der Waals surface area contributed by atoms with E-state index in [4.69, 9.17) is 0 Å². The number of allylic oxidation sites excluding steroid dienone is 6. The van der Waals surface area contributed by atoms with Crippen molar-refractivity contribution < 1.29 is 36.3 Å². The van der Waals surface area contributed by atoms with Crippen molar-refractivity contribution in [3.63, 3.8) is 0 Å². The summed E-state index contributed by atoms with van der Waals surface area (Å²) in [5.41, 5.74) is 2.37. The van der Waals surface area contributed by atoms with Crippen LogP contribution >= 0.6 is 0 Å². The zero-order valence-corrected chi connectivity index (χ0v) is 20.0.